The minimum Gasteiger partial charge on any atom is -0.335 e. The first kappa shape index (κ1) is 15.3. The minimum absolute atomic E-state index is 0.182. The summed E-state index contributed by atoms with van der Waals surface area (Å²) in [4.78, 5) is 18.0. The number of carbonyl (C=O) groups excluding carboxylic acids is 1. The molecule has 0 bridgehead atoms. The van der Waals surface area contributed by atoms with E-state index in [-0.39, 0.29) is 19.0 Å². The van der Waals surface area contributed by atoms with Gasteiger partial charge in [0, 0.05) is 38.0 Å². The number of aromatic nitrogens is 1. The number of piperazine rings is 1. The summed E-state index contributed by atoms with van der Waals surface area (Å²) in [5.74, 6) is -0.182. The molecule has 1 saturated heterocycles. The predicted octanol–water partition coefficient (Wildman–Crippen LogP) is -1.39. The van der Waals surface area contributed by atoms with Crippen LogP contribution >= 0.6 is 11.3 Å². The van der Waals surface area contributed by atoms with Crippen LogP contribution in [0.15, 0.2) is 5.38 Å². The molecule has 1 fully saturated rings. The van der Waals surface area contributed by atoms with Crippen molar-refractivity contribution in [2.45, 2.75) is 6.42 Å². The maximum atomic E-state index is 12.2. The van der Waals surface area contributed by atoms with Gasteiger partial charge in [-0.05, 0) is 6.54 Å². The van der Waals surface area contributed by atoms with Crippen LogP contribution in [-0.2, 0) is 16.6 Å². The average molecular weight is 319 g/mol. The molecule has 8 nitrogen and oxygen atoms in total. The van der Waals surface area contributed by atoms with Gasteiger partial charge in [-0.15, -0.1) is 11.3 Å². The fourth-order valence-electron chi connectivity index (χ4n) is 1.96. The third-order valence-electron chi connectivity index (χ3n) is 3.01. The Kier molecular flexibility index (Phi) is 4.70. The van der Waals surface area contributed by atoms with Crippen molar-refractivity contribution in [1.29, 1.82) is 0 Å². The number of hydrogen-bond acceptors (Lipinski definition) is 6. The molecule has 112 valence electrons. The Morgan fingerprint density at radius 2 is 2.00 bits per heavy atom. The molecule has 0 spiro atoms. The van der Waals surface area contributed by atoms with Crippen LogP contribution in [0.25, 0.3) is 0 Å². The Morgan fingerprint density at radius 1 is 1.35 bits per heavy atom. The Bertz CT molecular complexity index is 577. The summed E-state index contributed by atoms with van der Waals surface area (Å²) >= 11 is 1.41. The van der Waals surface area contributed by atoms with Crippen molar-refractivity contribution < 1.29 is 13.2 Å². The Morgan fingerprint density at radius 3 is 2.55 bits per heavy atom. The second-order valence-corrected chi connectivity index (χ2v) is 6.89. The number of thiazole rings is 1. The van der Waals surface area contributed by atoms with E-state index < -0.39 is 10.2 Å². The van der Waals surface area contributed by atoms with Gasteiger partial charge in [-0.25, -0.2) is 10.1 Å². The molecule has 1 aromatic rings. The maximum Gasteiger partial charge on any atom is 0.277 e. The molecule has 1 aliphatic heterocycles. The van der Waals surface area contributed by atoms with E-state index in [1.165, 1.54) is 11.3 Å². The summed E-state index contributed by atoms with van der Waals surface area (Å²) in [6.45, 7) is 1.56. The molecule has 4 N–H and O–H groups in total. The van der Waals surface area contributed by atoms with Crippen LogP contribution in [-0.4, -0.2) is 61.2 Å². The van der Waals surface area contributed by atoms with Gasteiger partial charge in [0.05, 0.1) is 5.01 Å². The molecule has 2 heterocycles. The van der Waals surface area contributed by atoms with Crippen LogP contribution in [0.3, 0.4) is 0 Å². The summed E-state index contributed by atoms with van der Waals surface area (Å²) < 4.78 is 23.5. The van der Waals surface area contributed by atoms with Crippen molar-refractivity contribution in [3.63, 3.8) is 0 Å². The lowest BCUT2D eigenvalue weighted by molar-refractivity contribution is 0.0692. The number of carbonyl (C=O) groups is 1. The molecule has 0 aliphatic carbocycles. The number of hydrogen-bond donors (Lipinski definition) is 2. The van der Waals surface area contributed by atoms with E-state index in [0.29, 0.717) is 31.7 Å². The Hall–Kier alpha value is -1.07. The number of nitrogens with two attached hydrogens (primary N) is 2. The van der Waals surface area contributed by atoms with Crippen molar-refractivity contribution >= 4 is 27.5 Å². The molecule has 2 rings (SSSR count). The highest BCUT2D eigenvalue weighted by atomic mass is 32.2. The molecular formula is C10H17N5O3S2. The first-order chi connectivity index (χ1) is 9.41. The van der Waals surface area contributed by atoms with E-state index in [9.17, 15) is 13.2 Å². The van der Waals surface area contributed by atoms with Gasteiger partial charge >= 0.3 is 0 Å². The van der Waals surface area contributed by atoms with E-state index in [4.69, 9.17) is 10.9 Å². The van der Waals surface area contributed by atoms with Crippen LogP contribution in [0.5, 0.6) is 0 Å². The van der Waals surface area contributed by atoms with Gasteiger partial charge in [0.25, 0.3) is 16.1 Å². The standard InChI is InChI=1S/C10H17N5O3S2/c11-2-1-9-13-8(7-19-9)10(16)14-3-5-15(6-4-14)20(12,17)18/h7H,1-6,11H2,(H2,12,17,18). The van der Waals surface area contributed by atoms with Crippen LogP contribution in [0.1, 0.15) is 15.5 Å². The average Bonchev–Trinajstić information content (AvgIpc) is 2.86. The predicted molar refractivity (Wildman–Crippen MR) is 75.5 cm³/mol. The van der Waals surface area contributed by atoms with E-state index in [2.05, 4.69) is 4.98 Å². The molecule has 10 heteroatoms. The minimum atomic E-state index is -3.67. The molecule has 0 atom stereocenters. The molecule has 1 aromatic heterocycles. The van der Waals surface area contributed by atoms with Crippen LogP contribution in [0.2, 0.25) is 0 Å². The van der Waals surface area contributed by atoms with E-state index in [1.54, 1.807) is 10.3 Å². The molecule has 0 unspecified atom stereocenters. The van der Waals surface area contributed by atoms with Gasteiger partial charge in [-0.2, -0.15) is 12.7 Å². The molecule has 1 amide bonds. The van der Waals surface area contributed by atoms with E-state index in [1.807, 2.05) is 0 Å². The third-order valence-corrected chi connectivity index (χ3v) is 5.01. The molecule has 20 heavy (non-hydrogen) atoms. The summed E-state index contributed by atoms with van der Waals surface area (Å²) in [5, 5.41) is 7.59. The van der Waals surface area contributed by atoms with Gasteiger partial charge in [0.2, 0.25) is 0 Å². The smallest absolute Gasteiger partial charge is 0.277 e. The molecule has 0 radical (unpaired) electrons. The highest BCUT2D eigenvalue weighted by molar-refractivity contribution is 7.86. The van der Waals surface area contributed by atoms with Crippen LogP contribution in [0, 0.1) is 0 Å². The zero-order valence-electron chi connectivity index (χ0n) is 10.9. The quantitative estimate of drug-likeness (QED) is 0.707. The molecule has 1 aliphatic rings. The highest BCUT2D eigenvalue weighted by Gasteiger charge is 2.27. The molecular weight excluding hydrogens is 302 g/mol. The Labute approximate surface area is 121 Å². The van der Waals surface area contributed by atoms with Gasteiger partial charge in [0.15, 0.2) is 0 Å². The summed E-state index contributed by atoms with van der Waals surface area (Å²) in [7, 11) is -3.67. The second kappa shape index (κ2) is 6.14. The molecule has 0 saturated carbocycles. The number of rotatable bonds is 4. The topological polar surface area (TPSA) is 123 Å². The van der Waals surface area contributed by atoms with Gasteiger partial charge in [0.1, 0.15) is 5.69 Å². The fourth-order valence-corrected chi connectivity index (χ4v) is 3.42. The van der Waals surface area contributed by atoms with Gasteiger partial charge < -0.3 is 10.6 Å². The maximum absolute atomic E-state index is 12.2. The number of amides is 1. The van der Waals surface area contributed by atoms with Crippen LogP contribution in [0.4, 0.5) is 0 Å². The lowest BCUT2D eigenvalue weighted by Gasteiger charge is -2.32. The largest absolute Gasteiger partial charge is 0.335 e. The van der Waals surface area contributed by atoms with Crippen molar-refractivity contribution in [3.05, 3.63) is 16.1 Å². The van der Waals surface area contributed by atoms with Crippen molar-refractivity contribution in [1.82, 2.24) is 14.2 Å². The SMILES string of the molecule is NCCc1nc(C(=O)N2CCN(S(N)(=O)=O)CC2)cs1. The van der Waals surface area contributed by atoms with E-state index in [0.717, 1.165) is 9.31 Å². The monoisotopic (exact) mass is 319 g/mol. The molecule has 0 aromatic carbocycles. The van der Waals surface area contributed by atoms with Gasteiger partial charge in [-0.3, -0.25) is 4.79 Å². The first-order valence-corrected chi connectivity index (χ1v) is 8.51. The van der Waals surface area contributed by atoms with Crippen molar-refractivity contribution in [2.75, 3.05) is 32.7 Å². The normalized spacial score (nSPS) is 17.4. The summed E-state index contributed by atoms with van der Waals surface area (Å²) in [5.41, 5.74) is 5.83. The van der Waals surface area contributed by atoms with Crippen LogP contribution < -0.4 is 10.9 Å². The van der Waals surface area contributed by atoms with E-state index >= 15 is 0 Å². The zero-order valence-corrected chi connectivity index (χ0v) is 12.5. The summed E-state index contributed by atoms with van der Waals surface area (Å²) in [6, 6.07) is 0. The Balaban J connectivity index is 1.97. The number of nitrogens with zero attached hydrogens (tertiary/aromatic N) is 3. The first-order valence-electron chi connectivity index (χ1n) is 6.13. The zero-order chi connectivity index (χ0) is 14.8. The summed E-state index contributed by atoms with van der Waals surface area (Å²) in [6.07, 6.45) is 0.650. The lowest BCUT2D eigenvalue weighted by atomic mass is 10.3. The lowest BCUT2D eigenvalue weighted by Crippen LogP contribution is -2.52. The second-order valence-electron chi connectivity index (χ2n) is 4.40. The highest BCUT2D eigenvalue weighted by Crippen LogP contribution is 2.14. The fraction of sp³-hybridized carbons (Fsp3) is 0.600. The van der Waals surface area contributed by atoms with Gasteiger partial charge in [-0.1, -0.05) is 0 Å². The van der Waals surface area contributed by atoms with Crippen molar-refractivity contribution in [3.8, 4) is 0 Å². The third kappa shape index (κ3) is 3.52. The van der Waals surface area contributed by atoms with Crippen molar-refractivity contribution in [2.24, 2.45) is 10.9 Å².